The van der Waals surface area contributed by atoms with E-state index in [9.17, 15) is 4.79 Å². The van der Waals surface area contributed by atoms with Crippen molar-refractivity contribution in [3.05, 3.63) is 0 Å². The average Bonchev–Trinajstić information content (AvgIpc) is 2.26. The molecule has 0 saturated carbocycles. The van der Waals surface area contributed by atoms with Gasteiger partial charge >= 0.3 is 0 Å². The largest absolute Gasteiger partial charge is 0.369 e. The molecule has 0 bridgehead atoms. The van der Waals surface area contributed by atoms with Gasteiger partial charge in [0.2, 0.25) is 5.91 Å². The third-order valence-corrected chi connectivity index (χ3v) is 3.56. The lowest BCUT2D eigenvalue weighted by Gasteiger charge is -2.36. The van der Waals surface area contributed by atoms with Gasteiger partial charge in [0.25, 0.3) is 0 Å². The molecule has 4 N–H and O–H groups in total. The lowest BCUT2D eigenvalue weighted by Crippen LogP contribution is -2.46. The highest BCUT2D eigenvalue weighted by molar-refractivity contribution is 5.76. The number of rotatable bonds is 6. The number of unbranched alkanes of at least 4 members (excludes halogenated alkanes) is 2. The summed E-state index contributed by atoms with van der Waals surface area (Å²) in [6, 6.07) is 0.591. The first-order chi connectivity index (χ1) is 7.65. The number of amides is 1. The highest BCUT2D eigenvalue weighted by atomic mass is 16.1. The van der Waals surface area contributed by atoms with Gasteiger partial charge in [0.15, 0.2) is 0 Å². The highest BCUT2D eigenvalue weighted by Gasteiger charge is 2.27. The smallest absolute Gasteiger partial charge is 0.221 e. The van der Waals surface area contributed by atoms with Gasteiger partial charge in [-0.1, -0.05) is 6.42 Å². The summed E-state index contributed by atoms with van der Waals surface area (Å²) in [4.78, 5) is 13.6. The monoisotopic (exact) mass is 227 g/mol. The lowest BCUT2D eigenvalue weighted by atomic mass is 9.92. The molecule has 1 amide bonds. The van der Waals surface area contributed by atoms with E-state index in [2.05, 4.69) is 11.8 Å². The van der Waals surface area contributed by atoms with Crippen LogP contribution in [0, 0.1) is 5.92 Å². The zero-order valence-corrected chi connectivity index (χ0v) is 10.3. The minimum atomic E-state index is -0.140. The van der Waals surface area contributed by atoms with E-state index in [4.69, 9.17) is 11.5 Å². The summed E-state index contributed by atoms with van der Waals surface area (Å²) in [5, 5.41) is 0. The molecular weight excluding hydrogens is 202 g/mol. The zero-order chi connectivity index (χ0) is 12.0. The molecule has 0 spiro atoms. The van der Waals surface area contributed by atoms with Gasteiger partial charge in [-0.25, -0.2) is 0 Å². The maximum absolute atomic E-state index is 11.2. The summed E-state index contributed by atoms with van der Waals surface area (Å²) in [5.74, 6) is -0.0791. The van der Waals surface area contributed by atoms with E-state index in [1.54, 1.807) is 0 Å². The van der Waals surface area contributed by atoms with E-state index in [1.165, 1.54) is 12.8 Å². The predicted molar refractivity (Wildman–Crippen MR) is 65.9 cm³/mol. The van der Waals surface area contributed by atoms with Crippen LogP contribution >= 0.6 is 0 Å². The molecule has 1 fully saturated rings. The van der Waals surface area contributed by atoms with Gasteiger partial charge in [0.1, 0.15) is 0 Å². The van der Waals surface area contributed by atoms with Gasteiger partial charge in [0.05, 0.1) is 5.92 Å². The Hall–Kier alpha value is -0.610. The van der Waals surface area contributed by atoms with Gasteiger partial charge < -0.3 is 11.5 Å². The van der Waals surface area contributed by atoms with E-state index in [0.29, 0.717) is 6.04 Å². The molecule has 2 unspecified atom stereocenters. The van der Waals surface area contributed by atoms with Crippen molar-refractivity contribution < 1.29 is 4.79 Å². The number of nitrogens with two attached hydrogens (primary N) is 2. The molecule has 0 aromatic heterocycles. The van der Waals surface area contributed by atoms with E-state index in [-0.39, 0.29) is 11.8 Å². The molecule has 4 nitrogen and oxygen atoms in total. The van der Waals surface area contributed by atoms with Gasteiger partial charge in [-0.3, -0.25) is 9.69 Å². The second-order valence-electron chi connectivity index (χ2n) is 4.87. The molecule has 0 aromatic carbocycles. The second-order valence-corrected chi connectivity index (χ2v) is 4.87. The standard InChI is InChI=1S/C12H25N3O/c1-10-5-6-11(12(14)16)9-15(10)8-4-2-3-7-13/h10-11H,2-9,13H2,1H3,(H2,14,16). The zero-order valence-electron chi connectivity index (χ0n) is 10.3. The van der Waals surface area contributed by atoms with Gasteiger partial charge in [0, 0.05) is 12.6 Å². The third kappa shape index (κ3) is 4.10. The molecule has 1 aliphatic rings. The fraction of sp³-hybridized carbons (Fsp3) is 0.917. The number of likely N-dealkylation sites (tertiary alicyclic amines) is 1. The van der Waals surface area contributed by atoms with Gasteiger partial charge in [-0.2, -0.15) is 0 Å². The first kappa shape index (κ1) is 13.5. The van der Waals surface area contributed by atoms with Crippen LogP contribution in [0.1, 0.15) is 39.0 Å². The SMILES string of the molecule is CC1CCC(C(N)=O)CN1CCCCCN. The first-order valence-corrected chi connectivity index (χ1v) is 6.38. The first-order valence-electron chi connectivity index (χ1n) is 6.38. The Morgan fingerprint density at radius 3 is 2.69 bits per heavy atom. The molecule has 2 atom stereocenters. The van der Waals surface area contributed by atoms with Gasteiger partial charge in [-0.15, -0.1) is 0 Å². The second kappa shape index (κ2) is 6.86. The maximum Gasteiger partial charge on any atom is 0.221 e. The molecular formula is C12H25N3O. The summed E-state index contributed by atoms with van der Waals surface area (Å²) < 4.78 is 0. The lowest BCUT2D eigenvalue weighted by molar-refractivity contribution is -0.123. The molecule has 16 heavy (non-hydrogen) atoms. The Labute approximate surface area is 98.3 Å². The van der Waals surface area contributed by atoms with Crippen LogP contribution in [0.4, 0.5) is 0 Å². The summed E-state index contributed by atoms with van der Waals surface area (Å²) in [6.45, 7) is 4.93. The number of hydrogen-bond donors (Lipinski definition) is 2. The molecule has 1 rings (SSSR count). The van der Waals surface area contributed by atoms with Crippen molar-refractivity contribution in [3.8, 4) is 0 Å². The van der Waals surface area contributed by atoms with Crippen LogP contribution in [0.5, 0.6) is 0 Å². The van der Waals surface area contributed by atoms with Crippen LogP contribution in [0.2, 0.25) is 0 Å². The van der Waals surface area contributed by atoms with Crippen LogP contribution in [0.15, 0.2) is 0 Å². The van der Waals surface area contributed by atoms with Crippen LogP contribution in [0.3, 0.4) is 0 Å². The van der Waals surface area contributed by atoms with Crippen LogP contribution < -0.4 is 11.5 Å². The van der Waals surface area contributed by atoms with Crippen molar-refractivity contribution in [1.29, 1.82) is 0 Å². The number of hydrogen-bond acceptors (Lipinski definition) is 3. The predicted octanol–water partition coefficient (Wildman–Crippen LogP) is 0.701. The number of carbonyl (C=O) groups is 1. The molecule has 0 aromatic rings. The van der Waals surface area contributed by atoms with Crippen LogP contribution in [0.25, 0.3) is 0 Å². The van der Waals surface area contributed by atoms with Crippen molar-refractivity contribution in [2.75, 3.05) is 19.6 Å². The minimum absolute atomic E-state index is 0.0608. The normalized spacial score (nSPS) is 26.9. The van der Waals surface area contributed by atoms with Crippen LogP contribution in [-0.2, 0) is 4.79 Å². The molecule has 1 aliphatic heterocycles. The van der Waals surface area contributed by atoms with E-state index in [1.807, 2.05) is 0 Å². The molecule has 1 saturated heterocycles. The molecule has 4 heteroatoms. The van der Waals surface area contributed by atoms with E-state index in [0.717, 1.165) is 38.9 Å². The molecule has 94 valence electrons. The Morgan fingerprint density at radius 1 is 1.31 bits per heavy atom. The molecule has 0 radical (unpaired) electrons. The van der Waals surface area contributed by atoms with Crippen molar-refractivity contribution >= 4 is 5.91 Å². The van der Waals surface area contributed by atoms with E-state index < -0.39 is 0 Å². The fourth-order valence-corrected chi connectivity index (χ4v) is 2.36. The van der Waals surface area contributed by atoms with Crippen molar-refractivity contribution in [2.24, 2.45) is 17.4 Å². The minimum Gasteiger partial charge on any atom is -0.369 e. The average molecular weight is 227 g/mol. The number of primary amides is 1. The Morgan fingerprint density at radius 2 is 2.06 bits per heavy atom. The number of nitrogens with zero attached hydrogens (tertiary/aromatic N) is 1. The highest BCUT2D eigenvalue weighted by Crippen LogP contribution is 2.21. The summed E-state index contributed by atoms with van der Waals surface area (Å²) >= 11 is 0. The molecule has 0 aliphatic carbocycles. The summed E-state index contributed by atoms with van der Waals surface area (Å²) in [6.07, 6.45) is 5.50. The van der Waals surface area contributed by atoms with Crippen LogP contribution in [-0.4, -0.2) is 36.5 Å². The Bertz CT molecular complexity index is 220. The van der Waals surface area contributed by atoms with Crippen molar-refractivity contribution in [1.82, 2.24) is 4.90 Å². The number of carbonyl (C=O) groups excluding carboxylic acids is 1. The topological polar surface area (TPSA) is 72.4 Å². The fourth-order valence-electron chi connectivity index (χ4n) is 2.36. The summed E-state index contributed by atoms with van der Waals surface area (Å²) in [5.41, 5.74) is 10.8. The number of piperidine rings is 1. The van der Waals surface area contributed by atoms with Crippen molar-refractivity contribution in [3.63, 3.8) is 0 Å². The molecule has 1 heterocycles. The van der Waals surface area contributed by atoms with E-state index >= 15 is 0 Å². The maximum atomic E-state index is 11.2. The van der Waals surface area contributed by atoms with Crippen molar-refractivity contribution in [2.45, 2.75) is 45.1 Å². The Balaban J connectivity index is 2.29. The Kier molecular flexibility index (Phi) is 5.77. The quantitative estimate of drug-likeness (QED) is 0.656. The van der Waals surface area contributed by atoms with Gasteiger partial charge in [-0.05, 0) is 45.7 Å². The summed E-state index contributed by atoms with van der Waals surface area (Å²) in [7, 11) is 0. The third-order valence-electron chi connectivity index (χ3n) is 3.56.